The van der Waals surface area contributed by atoms with Gasteiger partial charge in [0.05, 0.1) is 0 Å². The van der Waals surface area contributed by atoms with Crippen LogP contribution in [0, 0.1) is 0 Å². The van der Waals surface area contributed by atoms with Crippen LogP contribution in [0.2, 0.25) is 5.02 Å². The Morgan fingerprint density at radius 3 is 1.45 bits per heavy atom. The predicted octanol–water partition coefficient (Wildman–Crippen LogP) is 4.51. The van der Waals surface area contributed by atoms with E-state index in [1.165, 1.54) is 0 Å². The van der Waals surface area contributed by atoms with Crippen molar-refractivity contribution in [3.8, 4) is 0 Å². The first-order valence-corrected chi connectivity index (χ1v) is 7.45. The molecule has 0 spiro atoms. The molecule has 0 N–H and O–H groups in total. The second-order valence-corrected chi connectivity index (χ2v) is 6.35. The molecule has 1 fully saturated rings. The minimum absolute atomic E-state index is 0.0262. The van der Waals surface area contributed by atoms with E-state index in [1.807, 2.05) is 0 Å². The van der Waals surface area contributed by atoms with Crippen LogP contribution >= 0.6 is 11.6 Å². The van der Waals surface area contributed by atoms with Crippen molar-refractivity contribution in [1.82, 2.24) is 0 Å². The molecule has 2 nitrogen and oxygen atoms in total. The van der Waals surface area contributed by atoms with E-state index in [-0.39, 0.29) is 5.02 Å². The maximum absolute atomic E-state index is 14.4. The van der Waals surface area contributed by atoms with E-state index >= 15 is 0 Å². The molecule has 0 aromatic heterocycles. The molecule has 0 radical (unpaired) electrons. The Hall–Kier alpha value is -2.05. The molecular formula is C15H5ClF11O2-. The van der Waals surface area contributed by atoms with Crippen molar-refractivity contribution in [2.75, 3.05) is 0 Å². The SMILES string of the molecule is O=C(/C=C(\[O-])c1ccc(Cl)cc1)C1(F)C(F)(F)C(F)(F)C(F)(F)C(F)(F)C1(F)F. The average molecular weight is 462 g/mol. The lowest BCUT2D eigenvalue weighted by atomic mass is 9.70. The van der Waals surface area contributed by atoms with Crippen molar-refractivity contribution in [1.29, 1.82) is 0 Å². The summed E-state index contributed by atoms with van der Waals surface area (Å²) in [5, 5.41) is 11.7. The number of hydrogen-bond donors (Lipinski definition) is 0. The number of benzene rings is 1. The van der Waals surface area contributed by atoms with Crippen molar-refractivity contribution in [3.63, 3.8) is 0 Å². The molecule has 162 valence electrons. The first-order chi connectivity index (χ1) is 12.8. The predicted molar refractivity (Wildman–Crippen MR) is 73.0 cm³/mol. The van der Waals surface area contributed by atoms with Gasteiger partial charge in [0.25, 0.3) is 0 Å². The zero-order valence-corrected chi connectivity index (χ0v) is 14.0. The molecule has 1 aliphatic rings. The van der Waals surface area contributed by atoms with E-state index in [0.717, 1.165) is 24.3 Å². The summed E-state index contributed by atoms with van der Waals surface area (Å²) in [5.74, 6) is -42.4. The standard InChI is InChI=1S/C15H6ClF11O2/c16-7-3-1-6(2-4-7)8(28)5-9(29)10(17)11(18,19)13(22,23)15(26,27)14(24,25)12(10,20)21/h1-5,28H/p-1/b8-5-. The summed E-state index contributed by atoms with van der Waals surface area (Å²) < 4.78 is 149. The van der Waals surface area contributed by atoms with Crippen LogP contribution in [0.15, 0.2) is 30.3 Å². The molecule has 0 amide bonds. The molecule has 1 aromatic carbocycles. The van der Waals surface area contributed by atoms with Crippen molar-refractivity contribution in [2.24, 2.45) is 0 Å². The summed E-state index contributed by atoms with van der Waals surface area (Å²) in [6.07, 6.45) is -0.930. The zero-order chi connectivity index (χ0) is 22.8. The highest BCUT2D eigenvalue weighted by atomic mass is 35.5. The number of rotatable bonds is 3. The highest BCUT2D eigenvalue weighted by Gasteiger charge is 3.02. The number of carbonyl (C=O) groups is 1. The number of hydrogen-bond acceptors (Lipinski definition) is 2. The van der Waals surface area contributed by atoms with Crippen molar-refractivity contribution < 1.29 is 58.2 Å². The molecule has 0 atom stereocenters. The third-order valence-corrected chi connectivity index (χ3v) is 4.43. The minimum Gasteiger partial charge on any atom is -0.872 e. The van der Waals surface area contributed by atoms with Crippen molar-refractivity contribution >= 4 is 23.1 Å². The average Bonchev–Trinajstić information content (AvgIpc) is 2.59. The second kappa shape index (κ2) is 6.22. The molecular weight excluding hydrogens is 457 g/mol. The van der Waals surface area contributed by atoms with Gasteiger partial charge in [0.15, 0.2) is 0 Å². The number of alkyl halides is 11. The van der Waals surface area contributed by atoms with Gasteiger partial charge in [-0.2, -0.15) is 43.9 Å². The highest BCUT2D eigenvalue weighted by molar-refractivity contribution is 6.30. The van der Waals surface area contributed by atoms with E-state index in [1.54, 1.807) is 0 Å². The van der Waals surface area contributed by atoms with Crippen LogP contribution < -0.4 is 5.11 Å². The molecule has 1 aliphatic carbocycles. The maximum Gasteiger partial charge on any atom is 0.384 e. The Morgan fingerprint density at radius 1 is 0.724 bits per heavy atom. The number of allylic oxidation sites excluding steroid dienone is 1. The summed E-state index contributed by atoms with van der Waals surface area (Å²) >= 11 is 5.45. The van der Waals surface area contributed by atoms with E-state index in [4.69, 9.17) is 11.6 Å². The molecule has 0 heterocycles. The highest BCUT2D eigenvalue weighted by Crippen LogP contribution is 2.69. The molecule has 0 unspecified atom stereocenters. The van der Waals surface area contributed by atoms with Crippen LogP contribution in [0.3, 0.4) is 0 Å². The lowest BCUT2D eigenvalue weighted by molar-refractivity contribution is -0.475. The van der Waals surface area contributed by atoms with E-state index in [0.29, 0.717) is 0 Å². The number of ketones is 1. The second-order valence-electron chi connectivity index (χ2n) is 5.91. The van der Waals surface area contributed by atoms with Gasteiger partial charge in [0, 0.05) is 5.02 Å². The molecule has 0 bridgehead atoms. The zero-order valence-electron chi connectivity index (χ0n) is 13.2. The first kappa shape index (κ1) is 23.2. The van der Waals surface area contributed by atoms with Crippen LogP contribution in [0.5, 0.6) is 0 Å². The first-order valence-electron chi connectivity index (χ1n) is 7.07. The Morgan fingerprint density at radius 2 is 1.07 bits per heavy atom. The minimum atomic E-state index is -7.44. The largest absolute Gasteiger partial charge is 0.872 e. The molecule has 0 aliphatic heterocycles. The van der Waals surface area contributed by atoms with Gasteiger partial charge in [-0.25, -0.2) is 4.39 Å². The Balaban J connectivity index is 2.71. The molecule has 1 saturated carbocycles. The van der Waals surface area contributed by atoms with Gasteiger partial charge in [-0.15, -0.1) is 0 Å². The van der Waals surface area contributed by atoms with E-state index in [9.17, 15) is 58.2 Å². The van der Waals surface area contributed by atoms with Crippen molar-refractivity contribution in [2.45, 2.75) is 35.3 Å². The molecule has 2 rings (SSSR count). The van der Waals surface area contributed by atoms with Crippen LogP contribution in [0.25, 0.3) is 5.76 Å². The molecule has 29 heavy (non-hydrogen) atoms. The monoisotopic (exact) mass is 461 g/mol. The van der Waals surface area contributed by atoms with Crippen LogP contribution in [-0.2, 0) is 4.79 Å². The van der Waals surface area contributed by atoms with Gasteiger partial charge >= 0.3 is 35.3 Å². The van der Waals surface area contributed by atoms with Gasteiger partial charge < -0.3 is 5.11 Å². The van der Waals surface area contributed by atoms with Crippen molar-refractivity contribution in [3.05, 3.63) is 40.9 Å². The van der Waals surface area contributed by atoms with Gasteiger partial charge in [-0.3, -0.25) is 4.79 Å². The fourth-order valence-electron chi connectivity index (χ4n) is 2.45. The summed E-state index contributed by atoms with van der Waals surface area (Å²) in [4.78, 5) is 11.6. The quantitative estimate of drug-likeness (QED) is 0.378. The fraction of sp³-hybridized carbons (Fsp3) is 0.400. The summed E-state index contributed by atoms with van der Waals surface area (Å²) in [6, 6.07) is 3.41. The topological polar surface area (TPSA) is 40.1 Å². The summed E-state index contributed by atoms with van der Waals surface area (Å²) in [7, 11) is 0. The Labute approximate surface area is 158 Å². The molecule has 1 aromatic rings. The van der Waals surface area contributed by atoms with Crippen LogP contribution in [-0.4, -0.2) is 41.1 Å². The Bertz CT molecular complexity index is 832. The normalized spacial score (nSPS) is 26.0. The van der Waals surface area contributed by atoms with Gasteiger partial charge in [0.1, 0.15) is 0 Å². The molecule has 0 saturated heterocycles. The van der Waals surface area contributed by atoms with E-state index < -0.39 is 58.5 Å². The van der Waals surface area contributed by atoms with Gasteiger partial charge in [-0.1, -0.05) is 29.5 Å². The lowest BCUT2D eigenvalue weighted by Crippen LogP contribution is -2.85. The summed E-state index contributed by atoms with van der Waals surface area (Å²) in [6.45, 7) is 0. The fourth-order valence-corrected chi connectivity index (χ4v) is 2.57. The maximum atomic E-state index is 14.4. The number of carbonyl (C=O) groups excluding carboxylic acids is 1. The van der Waals surface area contributed by atoms with Crippen LogP contribution in [0.4, 0.5) is 48.3 Å². The smallest absolute Gasteiger partial charge is 0.384 e. The number of halogens is 12. The van der Waals surface area contributed by atoms with Gasteiger partial charge in [0.2, 0.25) is 5.78 Å². The summed E-state index contributed by atoms with van der Waals surface area (Å²) in [5.41, 5.74) is -7.57. The third-order valence-electron chi connectivity index (χ3n) is 4.17. The lowest BCUT2D eigenvalue weighted by Gasteiger charge is -2.51. The third kappa shape index (κ3) is 2.58. The van der Waals surface area contributed by atoms with E-state index in [2.05, 4.69) is 0 Å². The van der Waals surface area contributed by atoms with Crippen LogP contribution in [0.1, 0.15) is 5.56 Å². The van der Waals surface area contributed by atoms with Gasteiger partial charge in [-0.05, 0) is 23.8 Å². The molecule has 14 heteroatoms. The Kier molecular flexibility index (Phi) is 4.98.